The normalized spacial score (nSPS) is 26.1. The van der Waals surface area contributed by atoms with E-state index in [1.54, 1.807) is 4.90 Å². The Hall–Kier alpha value is -2.16. The maximum atomic E-state index is 13.4. The number of nitrogens with one attached hydrogen (secondary N) is 1. The van der Waals surface area contributed by atoms with Crippen LogP contribution in [0.2, 0.25) is 0 Å². The predicted molar refractivity (Wildman–Crippen MR) is 132 cm³/mol. The molecule has 4 rings (SSSR count). The lowest BCUT2D eigenvalue weighted by Gasteiger charge is -2.36. The molecule has 0 aromatic heterocycles. The largest absolute Gasteiger partial charge is 0.388 e. The molecule has 0 unspecified atom stereocenters. The number of piperazine rings is 1. The average molecular weight is 473 g/mol. The van der Waals surface area contributed by atoms with Crippen LogP contribution in [0.1, 0.15) is 50.4 Å². The SMILES string of the molecule is CCCN1CCN(c2ccc(C(=O)N[C@@H](CC(C)C)C(=O)N3CC[C@H]4OC[C@H](O)[C@H]43)cc2)CC1. The fourth-order valence-corrected chi connectivity index (χ4v) is 5.51. The summed E-state index contributed by atoms with van der Waals surface area (Å²) in [5.41, 5.74) is 1.68. The van der Waals surface area contributed by atoms with Gasteiger partial charge in [0, 0.05) is 44.0 Å². The first-order chi connectivity index (χ1) is 16.4. The molecule has 3 fully saturated rings. The summed E-state index contributed by atoms with van der Waals surface area (Å²) < 4.78 is 5.62. The zero-order valence-corrected chi connectivity index (χ0v) is 20.8. The molecule has 0 saturated carbocycles. The van der Waals surface area contributed by atoms with Crippen molar-refractivity contribution in [1.29, 1.82) is 0 Å². The van der Waals surface area contributed by atoms with Crippen molar-refractivity contribution in [2.45, 2.75) is 64.3 Å². The molecule has 0 bridgehead atoms. The first-order valence-corrected chi connectivity index (χ1v) is 12.9. The van der Waals surface area contributed by atoms with Gasteiger partial charge in [0.05, 0.1) is 18.8 Å². The van der Waals surface area contributed by atoms with E-state index in [0.717, 1.165) is 44.8 Å². The molecule has 34 heavy (non-hydrogen) atoms. The molecule has 0 aliphatic carbocycles. The number of hydrogen-bond donors (Lipinski definition) is 2. The van der Waals surface area contributed by atoms with E-state index in [9.17, 15) is 14.7 Å². The number of ether oxygens (including phenoxy) is 1. The van der Waals surface area contributed by atoms with Crippen molar-refractivity contribution in [3.63, 3.8) is 0 Å². The summed E-state index contributed by atoms with van der Waals surface area (Å²) in [6, 6.07) is 6.77. The summed E-state index contributed by atoms with van der Waals surface area (Å²) in [5, 5.41) is 13.3. The number of carbonyl (C=O) groups is 2. The topological polar surface area (TPSA) is 85.4 Å². The van der Waals surface area contributed by atoms with Crippen LogP contribution in [-0.4, -0.2) is 96.9 Å². The fourth-order valence-electron chi connectivity index (χ4n) is 5.51. The zero-order valence-electron chi connectivity index (χ0n) is 20.8. The first-order valence-electron chi connectivity index (χ1n) is 12.9. The Morgan fingerprint density at radius 3 is 2.47 bits per heavy atom. The van der Waals surface area contributed by atoms with Gasteiger partial charge in [0.1, 0.15) is 12.1 Å². The van der Waals surface area contributed by atoms with E-state index in [4.69, 9.17) is 4.74 Å². The van der Waals surface area contributed by atoms with Crippen LogP contribution >= 0.6 is 0 Å². The van der Waals surface area contributed by atoms with Gasteiger partial charge in [0.25, 0.3) is 5.91 Å². The standard InChI is InChI=1S/C26H40N4O4/c1-4-10-28-12-14-29(15-13-28)20-7-5-19(6-8-20)25(32)27-21(16-18(2)3)26(33)30-11-9-23-24(30)22(31)17-34-23/h5-8,18,21-24,31H,4,9-17H2,1-3H3,(H,27,32)/t21-,22-,23+,24+/m0/s1. The minimum atomic E-state index is -0.664. The molecule has 3 aliphatic heterocycles. The predicted octanol–water partition coefficient (Wildman–Crippen LogP) is 1.72. The number of fused-ring (bicyclic) bond motifs is 1. The van der Waals surface area contributed by atoms with Gasteiger partial charge >= 0.3 is 0 Å². The second-order valence-corrected chi connectivity index (χ2v) is 10.3. The van der Waals surface area contributed by atoms with Crippen LogP contribution in [0, 0.1) is 5.92 Å². The zero-order chi connectivity index (χ0) is 24.2. The number of hydrogen-bond acceptors (Lipinski definition) is 6. The Bertz CT molecular complexity index is 838. The highest BCUT2D eigenvalue weighted by molar-refractivity contribution is 5.98. The highest BCUT2D eigenvalue weighted by Gasteiger charge is 2.48. The van der Waals surface area contributed by atoms with Gasteiger partial charge in [-0.2, -0.15) is 0 Å². The van der Waals surface area contributed by atoms with Gasteiger partial charge in [-0.05, 0) is 56.0 Å². The third-order valence-corrected chi connectivity index (χ3v) is 7.27. The van der Waals surface area contributed by atoms with Gasteiger partial charge in [-0.15, -0.1) is 0 Å². The maximum absolute atomic E-state index is 13.4. The van der Waals surface area contributed by atoms with Crippen LogP contribution in [0.15, 0.2) is 24.3 Å². The van der Waals surface area contributed by atoms with Crippen LogP contribution in [0.3, 0.4) is 0 Å². The minimum Gasteiger partial charge on any atom is -0.388 e. The summed E-state index contributed by atoms with van der Waals surface area (Å²) >= 11 is 0. The first kappa shape index (κ1) is 24.9. The highest BCUT2D eigenvalue weighted by Crippen LogP contribution is 2.30. The number of nitrogens with zero attached hydrogens (tertiary/aromatic N) is 3. The van der Waals surface area contributed by atoms with Gasteiger partial charge in [-0.3, -0.25) is 14.5 Å². The van der Waals surface area contributed by atoms with Crippen LogP contribution in [-0.2, 0) is 9.53 Å². The summed E-state index contributed by atoms with van der Waals surface area (Å²) in [7, 11) is 0. The van der Waals surface area contributed by atoms with Crippen LogP contribution in [0.4, 0.5) is 5.69 Å². The van der Waals surface area contributed by atoms with Crippen molar-refractivity contribution in [2.75, 3.05) is 50.8 Å². The number of amides is 2. The van der Waals surface area contributed by atoms with Crippen molar-refractivity contribution in [1.82, 2.24) is 15.1 Å². The molecule has 1 aromatic carbocycles. The molecule has 8 heteroatoms. The average Bonchev–Trinajstić information content (AvgIpc) is 3.42. The van der Waals surface area contributed by atoms with Crippen molar-refractivity contribution in [3.8, 4) is 0 Å². The molecule has 2 N–H and O–H groups in total. The van der Waals surface area contributed by atoms with Crippen molar-refractivity contribution in [2.24, 2.45) is 5.92 Å². The third kappa shape index (κ3) is 5.56. The molecule has 3 aliphatic rings. The molecule has 8 nitrogen and oxygen atoms in total. The van der Waals surface area contributed by atoms with E-state index in [1.807, 2.05) is 38.1 Å². The monoisotopic (exact) mass is 472 g/mol. The maximum Gasteiger partial charge on any atom is 0.251 e. The highest BCUT2D eigenvalue weighted by atomic mass is 16.5. The molecular formula is C26H40N4O4. The van der Waals surface area contributed by atoms with E-state index in [1.165, 1.54) is 6.42 Å². The van der Waals surface area contributed by atoms with E-state index in [-0.39, 0.29) is 36.5 Å². The third-order valence-electron chi connectivity index (χ3n) is 7.27. The molecule has 4 atom stereocenters. The number of rotatable bonds is 8. The lowest BCUT2D eigenvalue weighted by atomic mass is 10.0. The van der Waals surface area contributed by atoms with Gasteiger partial charge in [-0.25, -0.2) is 0 Å². The summed E-state index contributed by atoms with van der Waals surface area (Å²) in [6.45, 7) is 12.4. The lowest BCUT2D eigenvalue weighted by molar-refractivity contribution is -0.136. The van der Waals surface area contributed by atoms with Crippen molar-refractivity contribution >= 4 is 17.5 Å². The van der Waals surface area contributed by atoms with Crippen molar-refractivity contribution < 1.29 is 19.4 Å². The molecular weight excluding hydrogens is 432 g/mol. The van der Waals surface area contributed by atoms with E-state index in [2.05, 4.69) is 22.0 Å². The van der Waals surface area contributed by atoms with Gasteiger partial charge in [-0.1, -0.05) is 20.8 Å². The number of aliphatic hydroxyl groups excluding tert-OH is 1. The van der Waals surface area contributed by atoms with E-state index >= 15 is 0 Å². The molecule has 188 valence electrons. The molecule has 3 heterocycles. The summed E-state index contributed by atoms with van der Waals surface area (Å²) in [6.07, 6.45) is 1.69. The Kier molecular flexibility index (Phi) is 8.11. The summed E-state index contributed by atoms with van der Waals surface area (Å²) in [4.78, 5) is 33.0. The molecule has 3 saturated heterocycles. The smallest absolute Gasteiger partial charge is 0.251 e. The Morgan fingerprint density at radius 2 is 1.82 bits per heavy atom. The second-order valence-electron chi connectivity index (χ2n) is 10.3. The van der Waals surface area contributed by atoms with Crippen LogP contribution in [0.5, 0.6) is 0 Å². The second kappa shape index (κ2) is 11.1. The minimum absolute atomic E-state index is 0.106. The Labute approximate surface area is 203 Å². The number of anilines is 1. The Morgan fingerprint density at radius 1 is 1.12 bits per heavy atom. The van der Waals surface area contributed by atoms with Gasteiger partial charge in [0.15, 0.2) is 0 Å². The van der Waals surface area contributed by atoms with Crippen molar-refractivity contribution in [3.05, 3.63) is 29.8 Å². The number of aliphatic hydroxyl groups is 1. The number of carbonyl (C=O) groups excluding carboxylic acids is 2. The fraction of sp³-hybridized carbons (Fsp3) is 0.692. The lowest BCUT2D eigenvalue weighted by Crippen LogP contribution is -2.53. The molecule has 0 spiro atoms. The molecule has 0 radical (unpaired) electrons. The van der Waals surface area contributed by atoms with Crippen LogP contribution < -0.4 is 10.2 Å². The molecule has 2 amide bonds. The summed E-state index contributed by atoms with van der Waals surface area (Å²) in [5.74, 6) is -0.121. The molecule has 1 aromatic rings. The number of benzene rings is 1. The number of likely N-dealkylation sites (tertiary alicyclic amines) is 1. The van der Waals surface area contributed by atoms with E-state index < -0.39 is 12.1 Å². The quantitative estimate of drug-likeness (QED) is 0.599. The van der Waals surface area contributed by atoms with E-state index in [0.29, 0.717) is 18.5 Å². The van der Waals surface area contributed by atoms with Gasteiger partial charge in [0.2, 0.25) is 5.91 Å². The van der Waals surface area contributed by atoms with Crippen LogP contribution in [0.25, 0.3) is 0 Å². The Balaban J connectivity index is 1.38. The van der Waals surface area contributed by atoms with Gasteiger partial charge < -0.3 is 25.0 Å².